The van der Waals surface area contributed by atoms with Gasteiger partial charge in [0.25, 0.3) is 0 Å². The molecule has 2 saturated carbocycles. The van der Waals surface area contributed by atoms with Gasteiger partial charge in [0.15, 0.2) is 0 Å². The van der Waals surface area contributed by atoms with Crippen molar-refractivity contribution in [2.45, 2.75) is 68.6 Å². The van der Waals surface area contributed by atoms with E-state index in [-0.39, 0.29) is 0 Å². The Kier molecular flexibility index (Phi) is 9.14. The van der Waals surface area contributed by atoms with Crippen LogP contribution < -0.4 is 0 Å². The van der Waals surface area contributed by atoms with Crippen molar-refractivity contribution in [1.82, 2.24) is 18.9 Å². The van der Waals surface area contributed by atoms with Gasteiger partial charge in [-0.25, -0.2) is 4.98 Å². The zero-order chi connectivity index (χ0) is 43.9. The molecule has 0 spiro atoms. The monoisotopic (exact) mass is 859 g/mol. The van der Waals surface area contributed by atoms with E-state index in [1.165, 1.54) is 64.7 Å². The standard InChI is InChI=1S/C60H50N4S/c65-56-28-12-9-21-48(56)60-62-58-46(22-14-27-54(58)64(60)52-25-10-7-19-44(52)41-17-5-2-6-18-41)50-35-43(37-55-57(50)49-24-13-23-47-45-20-8-11-26-53(45)63(55)59(47)49)51-36-42(33-34-61-51)40-31-29-39(30-32-40)38-15-3-1-4-16-38/h2,5-14,17-28,33-40,65H,1,3-4,15-16,29-32H2/i40D. The predicted molar refractivity (Wildman–Crippen MR) is 274 cm³/mol. The van der Waals surface area contributed by atoms with Gasteiger partial charge in [0.05, 0.1) is 39.0 Å². The van der Waals surface area contributed by atoms with Crippen LogP contribution in [0.3, 0.4) is 0 Å². The summed E-state index contributed by atoms with van der Waals surface area (Å²) >= 11 is 5.03. The SMILES string of the molecule is [2H]C1(c2ccnc(-c3cc(-c4cccc5c4nc(-c4ccccc4S)n5-c4ccccc4-c4ccccc4)c4c5cccc6c7ccccc7n(c4c3)c65)c2)CCC(C2CCCCC2)CC1. The molecule has 0 atom stereocenters. The lowest BCUT2D eigenvalue weighted by Gasteiger charge is -2.36. The second kappa shape index (κ2) is 15.8. The number of pyridine rings is 1. The van der Waals surface area contributed by atoms with Crippen LogP contribution in [0.5, 0.6) is 0 Å². The van der Waals surface area contributed by atoms with Crippen molar-refractivity contribution in [3.8, 4) is 50.6 Å². The van der Waals surface area contributed by atoms with E-state index >= 15 is 0 Å². The Morgan fingerprint density at radius 1 is 0.523 bits per heavy atom. The van der Waals surface area contributed by atoms with Crippen LogP contribution in [0.2, 0.25) is 0 Å². The molecule has 0 bridgehead atoms. The third-order valence-electron chi connectivity index (χ3n) is 15.1. The number of hydrogen-bond donors (Lipinski definition) is 1. The van der Waals surface area contributed by atoms with Crippen molar-refractivity contribution in [1.29, 1.82) is 0 Å². The highest BCUT2D eigenvalue weighted by molar-refractivity contribution is 7.80. The molecule has 4 nitrogen and oxygen atoms in total. The summed E-state index contributed by atoms with van der Waals surface area (Å²) in [7, 11) is 0. The number of nitrogens with zero attached hydrogens (tertiary/aromatic N) is 4. The van der Waals surface area contributed by atoms with E-state index in [0.29, 0.717) is 0 Å². The van der Waals surface area contributed by atoms with E-state index in [9.17, 15) is 1.37 Å². The normalized spacial score (nSPS) is 18.7. The first-order valence-corrected chi connectivity index (χ1v) is 24.1. The summed E-state index contributed by atoms with van der Waals surface area (Å²) in [4.78, 5) is 11.7. The third-order valence-corrected chi connectivity index (χ3v) is 15.5. The fourth-order valence-electron chi connectivity index (χ4n) is 12.0. The van der Waals surface area contributed by atoms with Gasteiger partial charge in [0.2, 0.25) is 0 Å². The minimum absolute atomic E-state index is 0.615. The Morgan fingerprint density at radius 3 is 2.08 bits per heavy atom. The molecule has 11 aromatic rings. The van der Waals surface area contributed by atoms with Crippen LogP contribution >= 0.6 is 12.6 Å². The van der Waals surface area contributed by atoms with Gasteiger partial charge in [-0.3, -0.25) is 9.55 Å². The average Bonchev–Trinajstić information content (AvgIpc) is 4.05. The van der Waals surface area contributed by atoms with Gasteiger partial charge in [0.1, 0.15) is 5.82 Å². The van der Waals surface area contributed by atoms with E-state index in [1.54, 1.807) is 0 Å². The number of imidazole rings is 1. The summed E-state index contributed by atoms with van der Waals surface area (Å²) in [6.45, 7) is 0. The summed E-state index contributed by atoms with van der Waals surface area (Å²) in [5.74, 6) is 1.83. The Morgan fingerprint density at radius 2 is 1.22 bits per heavy atom. The van der Waals surface area contributed by atoms with E-state index in [4.69, 9.17) is 22.6 Å². The molecule has 0 radical (unpaired) electrons. The number of fused-ring (bicyclic) bond motifs is 7. The Bertz CT molecular complexity index is 3630. The molecule has 5 heteroatoms. The first-order valence-electron chi connectivity index (χ1n) is 24.2. The molecule has 2 fully saturated rings. The number of rotatable bonds is 7. The second-order valence-corrected chi connectivity index (χ2v) is 19.1. The molecule has 2 aliphatic rings. The summed E-state index contributed by atoms with van der Waals surface area (Å²) in [6.07, 6.45) is 13.0. The minimum Gasteiger partial charge on any atom is -0.308 e. The van der Waals surface area contributed by atoms with Crippen LogP contribution in [0.25, 0.3) is 99.7 Å². The molecule has 0 amide bonds. The molecular formula is C60H50N4S. The lowest BCUT2D eigenvalue weighted by atomic mass is 9.70. The molecule has 0 unspecified atom stereocenters. The highest BCUT2D eigenvalue weighted by atomic mass is 32.1. The Hall–Kier alpha value is -6.69. The maximum Gasteiger partial charge on any atom is 0.146 e. The third kappa shape index (κ3) is 6.34. The van der Waals surface area contributed by atoms with E-state index in [2.05, 4.69) is 161 Å². The van der Waals surface area contributed by atoms with E-state index < -0.39 is 5.89 Å². The van der Waals surface area contributed by atoms with Gasteiger partial charge in [-0.05, 0) is 109 Å². The fourth-order valence-corrected chi connectivity index (χ4v) is 12.3. The van der Waals surface area contributed by atoms with Gasteiger partial charge in [-0.1, -0.05) is 147 Å². The topological polar surface area (TPSA) is 35.1 Å². The predicted octanol–water partition coefficient (Wildman–Crippen LogP) is 16.4. The van der Waals surface area contributed by atoms with Gasteiger partial charge in [-0.15, -0.1) is 12.6 Å². The molecule has 2 aliphatic carbocycles. The molecule has 316 valence electrons. The maximum atomic E-state index is 9.95. The van der Waals surface area contributed by atoms with Crippen molar-refractivity contribution < 1.29 is 1.37 Å². The smallest absolute Gasteiger partial charge is 0.146 e. The molecule has 0 N–H and O–H groups in total. The number of benzene rings is 7. The van der Waals surface area contributed by atoms with Crippen LogP contribution in [0.15, 0.2) is 175 Å². The van der Waals surface area contributed by atoms with Crippen molar-refractivity contribution in [2.24, 2.45) is 11.8 Å². The van der Waals surface area contributed by atoms with Gasteiger partial charge in [0, 0.05) is 56.3 Å². The summed E-state index contributed by atoms with van der Waals surface area (Å²) < 4.78 is 14.8. The average molecular weight is 860 g/mol. The zero-order valence-corrected chi connectivity index (χ0v) is 37.3. The Labute approximate surface area is 386 Å². The van der Waals surface area contributed by atoms with Crippen LogP contribution in [-0.2, 0) is 0 Å². The van der Waals surface area contributed by atoms with E-state index in [1.807, 2.05) is 18.3 Å². The quantitative estimate of drug-likeness (QED) is 0.162. The molecule has 4 heterocycles. The van der Waals surface area contributed by atoms with Gasteiger partial charge in [-0.2, -0.15) is 0 Å². The molecule has 7 aromatic carbocycles. The van der Waals surface area contributed by atoms with Crippen molar-refractivity contribution in [2.75, 3.05) is 0 Å². The number of hydrogen-bond acceptors (Lipinski definition) is 3. The molecule has 65 heavy (non-hydrogen) atoms. The number of aromatic nitrogens is 4. The summed E-state index contributed by atoms with van der Waals surface area (Å²) in [5, 5.41) is 4.91. The van der Waals surface area contributed by atoms with Crippen LogP contribution in [-0.4, -0.2) is 18.9 Å². The number of thiol groups is 1. The molecule has 0 saturated heterocycles. The first kappa shape index (κ1) is 37.7. The second-order valence-electron chi connectivity index (χ2n) is 18.6. The lowest BCUT2D eigenvalue weighted by Crippen LogP contribution is -2.23. The minimum atomic E-state index is -0.615. The molecule has 4 aromatic heterocycles. The van der Waals surface area contributed by atoms with E-state index in [0.717, 1.165) is 115 Å². The summed E-state index contributed by atoms with van der Waals surface area (Å²) in [5.41, 5.74) is 15.0. The van der Waals surface area contributed by atoms with Gasteiger partial charge >= 0.3 is 0 Å². The van der Waals surface area contributed by atoms with Crippen LogP contribution in [0.1, 0.15) is 70.6 Å². The first-order chi connectivity index (χ1) is 32.5. The highest BCUT2D eigenvalue weighted by Gasteiger charge is 2.30. The lowest BCUT2D eigenvalue weighted by molar-refractivity contribution is 0.186. The molecule has 13 rings (SSSR count). The Balaban J connectivity index is 1.05. The van der Waals surface area contributed by atoms with Gasteiger partial charge < -0.3 is 4.40 Å². The largest absolute Gasteiger partial charge is 0.308 e. The highest BCUT2D eigenvalue weighted by Crippen LogP contribution is 2.48. The number of para-hydroxylation sites is 4. The van der Waals surface area contributed by atoms with Crippen LogP contribution in [0, 0.1) is 11.8 Å². The maximum absolute atomic E-state index is 9.95. The fraction of sp³-hybridized carbons (Fsp3) is 0.200. The van der Waals surface area contributed by atoms with Crippen molar-refractivity contribution in [3.05, 3.63) is 176 Å². The van der Waals surface area contributed by atoms with Crippen molar-refractivity contribution in [3.63, 3.8) is 0 Å². The van der Waals surface area contributed by atoms with Crippen molar-refractivity contribution >= 4 is 61.8 Å². The molecular weight excluding hydrogens is 809 g/mol. The van der Waals surface area contributed by atoms with Crippen LogP contribution in [0.4, 0.5) is 0 Å². The molecule has 0 aliphatic heterocycles. The zero-order valence-electron chi connectivity index (χ0n) is 37.4. The summed E-state index contributed by atoms with van der Waals surface area (Å²) in [6, 6.07) is 58.8.